The van der Waals surface area contributed by atoms with Crippen LogP contribution in [0.2, 0.25) is 0 Å². The largest absolute Gasteiger partial charge is 0.481 e. The van der Waals surface area contributed by atoms with E-state index in [2.05, 4.69) is 32.1 Å². The fourth-order valence-electron chi connectivity index (χ4n) is 3.82. The van der Waals surface area contributed by atoms with Gasteiger partial charge in [-0.25, -0.2) is 0 Å². The summed E-state index contributed by atoms with van der Waals surface area (Å²) in [6, 6.07) is 0. The van der Waals surface area contributed by atoms with E-state index in [0.717, 1.165) is 57.8 Å². The number of rotatable bonds is 24. The highest BCUT2D eigenvalue weighted by Gasteiger charge is 2.11. The molecule has 0 aliphatic rings. The van der Waals surface area contributed by atoms with Gasteiger partial charge < -0.3 is 9.84 Å². The highest BCUT2D eigenvalue weighted by atomic mass is 16.5. The average molecular weight is 465 g/mol. The lowest BCUT2D eigenvalue weighted by molar-refractivity contribution is -0.147. The van der Waals surface area contributed by atoms with Gasteiger partial charge in [0, 0.05) is 12.8 Å². The second-order valence-corrected chi connectivity index (χ2v) is 9.23. The van der Waals surface area contributed by atoms with Crippen LogP contribution in [0.1, 0.15) is 142 Å². The molecule has 0 radical (unpaired) electrons. The summed E-state index contributed by atoms with van der Waals surface area (Å²) >= 11 is 0. The van der Waals surface area contributed by atoms with Crippen molar-refractivity contribution >= 4 is 11.9 Å². The molecule has 0 aromatic heterocycles. The van der Waals surface area contributed by atoms with E-state index in [1.165, 1.54) is 57.8 Å². The molecule has 0 heterocycles. The number of carboxylic acid groups (broad SMARTS) is 1. The van der Waals surface area contributed by atoms with Gasteiger partial charge in [0.1, 0.15) is 6.10 Å². The summed E-state index contributed by atoms with van der Waals surface area (Å²) in [4.78, 5) is 23.0. The Morgan fingerprint density at radius 2 is 1.27 bits per heavy atom. The lowest BCUT2D eigenvalue weighted by atomic mass is 10.1. The topological polar surface area (TPSA) is 63.6 Å². The van der Waals surface area contributed by atoms with Crippen molar-refractivity contribution in [1.29, 1.82) is 0 Å². The molecule has 0 aromatic rings. The van der Waals surface area contributed by atoms with Gasteiger partial charge in [-0.3, -0.25) is 9.59 Å². The molecule has 4 nitrogen and oxygen atoms in total. The van der Waals surface area contributed by atoms with E-state index in [1.54, 1.807) is 0 Å². The maximum absolute atomic E-state index is 12.3. The number of carbonyl (C=O) groups is 2. The van der Waals surface area contributed by atoms with E-state index >= 15 is 0 Å². The predicted molar refractivity (Wildman–Crippen MR) is 139 cm³/mol. The van der Waals surface area contributed by atoms with E-state index in [0.29, 0.717) is 6.42 Å². The number of allylic oxidation sites excluding steroid dienone is 3. The van der Waals surface area contributed by atoms with Gasteiger partial charge in [0.25, 0.3) is 0 Å². The van der Waals surface area contributed by atoms with Gasteiger partial charge in [0.15, 0.2) is 0 Å². The summed E-state index contributed by atoms with van der Waals surface area (Å²) in [5.41, 5.74) is 0. The van der Waals surface area contributed by atoms with Crippen LogP contribution >= 0.6 is 0 Å². The molecule has 0 aliphatic heterocycles. The van der Waals surface area contributed by atoms with E-state index in [9.17, 15) is 9.59 Å². The quantitative estimate of drug-likeness (QED) is 0.0879. The van der Waals surface area contributed by atoms with Crippen LogP contribution in [0.15, 0.2) is 24.3 Å². The Balaban J connectivity index is 4.17. The van der Waals surface area contributed by atoms with E-state index in [1.807, 2.05) is 6.08 Å². The minimum atomic E-state index is -0.728. The molecule has 1 N–H and O–H groups in total. The van der Waals surface area contributed by atoms with Crippen LogP contribution in [0.5, 0.6) is 0 Å². The molecular formula is C29H52O4. The van der Waals surface area contributed by atoms with E-state index in [4.69, 9.17) is 9.84 Å². The Morgan fingerprint density at radius 3 is 1.91 bits per heavy atom. The second-order valence-electron chi connectivity index (χ2n) is 9.23. The first-order valence-electron chi connectivity index (χ1n) is 13.8. The second kappa shape index (κ2) is 25.1. The number of esters is 1. The van der Waals surface area contributed by atoms with Gasteiger partial charge in [0.2, 0.25) is 0 Å². The number of ether oxygens (including phenoxy) is 1. The summed E-state index contributed by atoms with van der Waals surface area (Å²) in [5, 5.41) is 8.74. The summed E-state index contributed by atoms with van der Waals surface area (Å²) in [7, 11) is 0. The Morgan fingerprint density at radius 1 is 0.697 bits per heavy atom. The Hall–Kier alpha value is -1.58. The van der Waals surface area contributed by atoms with Crippen molar-refractivity contribution in [1.82, 2.24) is 0 Å². The van der Waals surface area contributed by atoms with Crippen LogP contribution in [0.3, 0.4) is 0 Å². The molecule has 0 rings (SSSR count). The van der Waals surface area contributed by atoms with Crippen molar-refractivity contribution in [2.24, 2.45) is 0 Å². The molecule has 0 aromatic carbocycles. The van der Waals surface area contributed by atoms with Crippen molar-refractivity contribution in [2.75, 3.05) is 0 Å². The van der Waals surface area contributed by atoms with Crippen LogP contribution in [0, 0.1) is 0 Å². The normalized spacial score (nSPS) is 12.5. The zero-order valence-electron chi connectivity index (χ0n) is 21.7. The summed E-state index contributed by atoms with van der Waals surface area (Å²) < 4.78 is 5.77. The number of unbranched alkanes of at least 4 members (excludes halogenated alkanes) is 13. The molecule has 192 valence electrons. The van der Waals surface area contributed by atoms with Crippen LogP contribution in [-0.4, -0.2) is 23.1 Å². The lowest BCUT2D eigenvalue weighted by Gasteiger charge is -2.14. The number of hydrogen-bond donors (Lipinski definition) is 1. The SMILES string of the molecule is CCCC/C=C\C/C=C\C(CCCCCCC(=O)O)OC(=O)CCCCCCCCCCC. The molecule has 0 amide bonds. The maximum Gasteiger partial charge on any atom is 0.306 e. The summed E-state index contributed by atoms with van der Waals surface area (Å²) in [6.07, 6.45) is 29.1. The smallest absolute Gasteiger partial charge is 0.306 e. The number of carbonyl (C=O) groups excluding carboxylic acids is 1. The van der Waals surface area contributed by atoms with Gasteiger partial charge in [0.05, 0.1) is 0 Å². The van der Waals surface area contributed by atoms with Gasteiger partial charge in [-0.05, 0) is 44.6 Å². The van der Waals surface area contributed by atoms with Crippen LogP contribution in [0.4, 0.5) is 0 Å². The van der Waals surface area contributed by atoms with Crippen molar-refractivity contribution in [3.63, 3.8) is 0 Å². The third kappa shape index (κ3) is 24.9. The van der Waals surface area contributed by atoms with Crippen molar-refractivity contribution in [3.8, 4) is 0 Å². The highest BCUT2D eigenvalue weighted by molar-refractivity contribution is 5.69. The lowest BCUT2D eigenvalue weighted by Crippen LogP contribution is -2.16. The molecule has 0 saturated carbocycles. The van der Waals surface area contributed by atoms with Gasteiger partial charge in [-0.2, -0.15) is 0 Å². The third-order valence-electron chi connectivity index (χ3n) is 5.91. The third-order valence-corrected chi connectivity index (χ3v) is 5.91. The van der Waals surface area contributed by atoms with Gasteiger partial charge >= 0.3 is 11.9 Å². The predicted octanol–water partition coefficient (Wildman–Crippen LogP) is 8.94. The zero-order chi connectivity index (χ0) is 24.4. The minimum absolute atomic E-state index is 0.0861. The first-order valence-corrected chi connectivity index (χ1v) is 13.8. The van der Waals surface area contributed by atoms with Crippen molar-refractivity contribution < 1.29 is 19.4 Å². The maximum atomic E-state index is 12.3. The van der Waals surface area contributed by atoms with Crippen molar-refractivity contribution in [2.45, 2.75) is 148 Å². The Labute approximate surface area is 204 Å². The van der Waals surface area contributed by atoms with Gasteiger partial charge in [-0.15, -0.1) is 0 Å². The highest BCUT2D eigenvalue weighted by Crippen LogP contribution is 2.14. The molecule has 0 fully saturated rings. The number of aliphatic carboxylic acids is 1. The Bertz CT molecular complexity index is 510. The van der Waals surface area contributed by atoms with Crippen LogP contribution in [0.25, 0.3) is 0 Å². The fourth-order valence-corrected chi connectivity index (χ4v) is 3.82. The zero-order valence-corrected chi connectivity index (χ0v) is 21.7. The number of hydrogen-bond acceptors (Lipinski definition) is 3. The Kier molecular flexibility index (Phi) is 23.9. The first-order chi connectivity index (χ1) is 16.1. The van der Waals surface area contributed by atoms with Crippen LogP contribution < -0.4 is 0 Å². The van der Waals surface area contributed by atoms with Crippen LogP contribution in [-0.2, 0) is 14.3 Å². The van der Waals surface area contributed by atoms with Crippen molar-refractivity contribution in [3.05, 3.63) is 24.3 Å². The van der Waals surface area contributed by atoms with E-state index in [-0.39, 0.29) is 18.5 Å². The monoisotopic (exact) mass is 464 g/mol. The minimum Gasteiger partial charge on any atom is -0.481 e. The molecule has 1 atom stereocenters. The molecule has 0 aliphatic carbocycles. The molecule has 4 heteroatoms. The standard InChI is InChI=1S/C29H52O4/c1-3-5-7-9-11-12-14-16-22-26-29(32)33-27(23-19-15-13-10-8-6-4-2)24-20-17-18-21-25-28(30)31/h10,13,19,23,27H,3-9,11-12,14-18,20-22,24-26H2,1-2H3,(H,30,31)/b13-10-,23-19-. The average Bonchev–Trinajstić information content (AvgIpc) is 2.79. The van der Waals surface area contributed by atoms with E-state index < -0.39 is 5.97 Å². The molecule has 33 heavy (non-hydrogen) atoms. The fraction of sp³-hybridized carbons (Fsp3) is 0.793. The summed E-state index contributed by atoms with van der Waals surface area (Å²) in [5.74, 6) is -0.815. The first kappa shape index (κ1) is 31.4. The molecule has 0 bridgehead atoms. The summed E-state index contributed by atoms with van der Waals surface area (Å²) in [6.45, 7) is 4.44. The van der Waals surface area contributed by atoms with Gasteiger partial charge in [-0.1, -0.05) is 109 Å². The molecule has 1 unspecified atom stereocenters. The molecule has 0 spiro atoms. The number of carboxylic acids is 1. The molecule has 0 saturated heterocycles. The molecular weight excluding hydrogens is 412 g/mol.